The Labute approximate surface area is 319 Å². The first-order valence-electron chi connectivity index (χ1n) is 19.0. The van der Waals surface area contributed by atoms with Gasteiger partial charge in [0.2, 0.25) is 0 Å². The monoisotopic (exact) mass is 701 g/mol. The summed E-state index contributed by atoms with van der Waals surface area (Å²) in [5.41, 5.74) is 10.0. The molecule has 0 spiro atoms. The first-order valence-corrected chi connectivity index (χ1v) is 19.0. The average molecular weight is 702 g/mol. The molecule has 258 valence electrons. The number of para-hydroxylation sites is 1. The van der Waals surface area contributed by atoms with E-state index in [1.807, 2.05) is 0 Å². The predicted molar refractivity (Wildman–Crippen MR) is 233 cm³/mol. The van der Waals surface area contributed by atoms with Crippen molar-refractivity contribution in [1.82, 2.24) is 0 Å². The van der Waals surface area contributed by atoms with Gasteiger partial charge in [0.15, 0.2) is 0 Å². The third-order valence-corrected chi connectivity index (χ3v) is 11.3. The number of fused-ring (bicyclic) bond motifs is 9. The maximum Gasteiger partial charge on any atom is 0.143 e. The van der Waals surface area contributed by atoms with Gasteiger partial charge in [-0.25, -0.2) is 0 Å². The quantitative estimate of drug-likeness (QED) is 0.161. The van der Waals surface area contributed by atoms with Crippen molar-refractivity contribution in [1.29, 1.82) is 0 Å². The van der Waals surface area contributed by atoms with Gasteiger partial charge >= 0.3 is 0 Å². The van der Waals surface area contributed by atoms with Gasteiger partial charge in [-0.3, -0.25) is 0 Å². The fraction of sp³-hybridized carbons (Fsp3) is 0.0189. The Balaban J connectivity index is 1.11. The highest BCUT2D eigenvalue weighted by Crippen LogP contribution is 2.43. The Morgan fingerprint density at radius 1 is 0.345 bits per heavy atom. The van der Waals surface area contributed by atoms with Crippen LogP contribution in [0.3, 0.4) is 0 Å². The number of nitrogens with zero attached hydrogens (tertiary/aromatic N) is 1. The molecule has 0 unspecified atom stereocenters. The first-order chi connectivity index (χ1) is 27.3. The van der Waals surface area contributed by atoms with Gasteiger partial charge in [-0.1, -0.05) is 170 Å². The van der Waals surface area contributed by atoms with E-state index in [-0.39, 0.29) is 0 Å². The standard InChI is InChI=1S/C53H35NO/c1-2-15-37-31-39(28-27-35(37)13-1)38-18-11-19-42(32-38)54(51-33-40-16-4-6-20-43(40)46-23-9-10-24-47(46)51)34-41-17-5-7-21-44(41)48-25-12-26-49-50-30-29-36-14-3-8-22-45(36)52(50)55-53(48)49/h1-33H,34H2. The molecule has 0 N–H and O–H groups in total. The van der Waals surface area contributed by atoms with Crippen molar-refractivity contribution in [2.75, 3.05) is 4.90 Å². The summed E-state index contributed by atoms with van der Waals surface area (Å²) in [6.07, 6.45) is 0. The van der Waals surface area contributed by atoms with E-state index in [4.69, 9.17) is 4.42 Å². The molecule has 0 fully saturated rings. The topological polar surface area (TPSA) is 16.4 Å². The number of anilines is 2. The molecular formula is C53H35NO. The maximum absolute atomic E-state index is 6.87. The van der Waals surface area contributed by atoms with Crippen LogP contribution in [0.4, 0.5) is 11.4 Å². The van der Waals surface area contributed by atoms with Crippen molar-refractivity contribution in [3.05, 3.63) is 206 Å². The second kappa shape index (κ2) is 12.8. The number of furan rings is 1. The number of hydrogen-bond donors (Lipinski definition) is 0. The lowest BCUT2D eigenvalue weighted by Gasteiger charge is -2.29. The van der Waals surface area contributed by atoms with Gasteiger partial charge in [0, 0.05) is 45.0 Å². The van der Waals surface area contributed by atoms with Gasteiger partial charge in [0.05, 0.1) is 0 Å². The van der Waals surface area contributed by atoms with E-state index in [1.165, 1.54) is 60.1 Å². The lowest BCUT2D eigenvalue weighted by Crippen LogP contribution is -2.17. The largest absolute Gasteiger partial charge is 0.455 e. The lowest BCUT2D eigenvalue weighted by atomic mass is 9.95. The first kappa shape index (κ1) is 31.4. The van der Waals surface area contributed by atoms with Gasteiger partial charge in [0.1, 0.15) is 11.2 Å². The van der Waals surface area contributed by atoms with Gasteiger partial charge in [-0.2, -0.15) is 0 Å². The van der Waals surface area contributed by atoms with Crippen LogP contribution in [0.1, 0.15) is 5.56 Å². The van der Waals surface area contributed by atoms with E-state index >= 15 is 0 Å². The Morgan fingerprint density at radius 3 is 1.85 bits per heavy atom. The number of hydrogen-bond acceptors (Lipinski definition) is 2. The van der Waals surface area contributed by atoms with Crippen molar-refractivity contribution >= 4 is 76.4 Å². The summed E-state index contributed by atoms with van der Waals surface area (Å²) in [4.78, 5) is 2.50. The van der Waals surface area contributed by atoms with Crippen LogP contribution in [0.2, 0.25) is 0 Å². The van der Waals surface area contributed by atoms with E-state index in [1.54, 1.807) is 0 Å². The van der Waals surface area contributed by atoms with Gasteiger partial charge < -0.3 is 9.32 Å². The van der Waals surface area contributed by atoms with Crippen LogP contribution in [0, 0.1) is 0 Å². The predicted octanol–water partition coefficient (Wildman–Crippen LogP) is 14.9. The summed E-state index contributed by atoms with van der Waals surface area (Å²) >= 11 is 0. The Hall–Kier alpha value is -7.16. The number of benzene rings is 10. The third-order valence-electron chi connectivity index (χ3n) is 11.3. The molecule has 0 aliphatic carbocycles. The minimum atomic E-state index is 0.652. The molecule has 1 heterocycles. The molecule has 0 amide bonds. The Morgan fingerprint density at radius 2 is 0.964 bits per heavy atom. The van der Waals surface area contributed by atoms with Gasteiger partial charge in [-0.05, 0) is 84.9 Å². The molecule has 2 heteroatoms. The summed E-state index contributed by atoms with van der Waals surface area (Å²) in [5, 5.41) is 12.0. The van der Waals surface area contributed by atoms with Crippen LogP contribution in [0.15, 0.2) is 205 Å². The van der Waals surface area contributed by atoms with Gasteiger partial charge in [0.25, 0.3) is 0 Å². The molecule has 55 heavy (non-hydrogen) atoms. The molecule has 1 aromatic heterocycles. The third kappa shape index (κ3) is 5.26. The summed E-state index contributed by atoms with van der Waals surface area (Å²) in [6.45, 7) is 0.652. The maximum atomic E-state index is 6.87. The van der Waals surface area contributed by atoms with Crippen LogP contribution in [0.25, 0.3) is 87.3 Å². The highest BCUT2D eigenvalue weighted by molar-refractivity contribution is 6.17. The van der Waals surface area contributed by atoms with Crippen molar-refractivity contribution in [2.45, 2.75) is 6.54 Å². The van der Waals surface area contributed by atoms with E-state index in [0.717, 1.165) is 44.1 Å². The molecule has 0 bridgehead atoms. The zero-order valence-corrected chi connectivity index (χ0v) is 30.1. The normalized spacial score (nSPS) is 11.7. The average Bonchev–Trinajstić information content (AvgIpc) is 3.65. The minimum Gasteiger partial charge on any atom is -0.455 e. The molecule has 0 saturated heterocycles. The van der Waals surface area contributed by atoms with E-state index in [2.05, 4.69) is 205 Å². The molecule has 0 radical (unpaired) electrons. The summed E-state index contributed by atoms with van der Waals surface area (Å²) in [5.74, 6) is 0. The van der Waals surface area contributed by atoms with Crippen molar-refractivity contribution in [3.63, 3.8) is 0 Å². The summed E-state index contributed by atoms with van der Waals surface area (Å²) < 4.78 is 6.87. The van der Waals surface area contributed by atoms with E-state index < -0.39 is 0 Å². The smallest absolute Gasteiger partial charge is 0.143 e. The van der Waals surface area contributed by atoms with Crippen LogP contribution in [-0.4, -0.2) is 0 Å². The SMILES string of the molecule is c1cc(-c2ccc3ccccc3c2)cc(N(Cc2ccccc2-c2cccc3c2oc2c4ccccc4ccc32)c2cc3ccccc3c3ccccc23)c1. The lowest BCUT2D eigenvalue weighted by molar-refractivity contribution is 0.673. The second-order valence-corrected chi connectivity index (χ2v) is 14.5. The molecule has 10 aromatic carbocycles. The van der Waals surface area contributed by atoms with Crippen molar-refractivity contribution in [2.24, 2.45) is 0 Å². The molecule has 11 rings (SSSR count). The van der Waals surface area contributed by atoms with Gasteiger partial charge in [-0.15, -0.1) is 0 Å². The molecule has 0 aliphatic rings. The zero-order chi connectivity index (χ0) is 36.3. The van der Waals surface area contributed by atoms with E-state index in [0.29, 0.717) is 6.54 Å². The molecule has 11 aromatic rings. The van der Waals surface area contributed by atoms with Crippen LogP contribution in [0.5, 0.6) is 0 Å². The fourth-order valence-electron chi connectivity index (χ4n) is 8.63. The highest BCUT2D eigenvalue weighted by Gasteiger charge is 2.21. The summed E-state index contributed by atoms with van der Waals surface area (Å²) in [7, 11) is 0. The molecule has 0 saturated carbocycles. The molecule has 2 nitrogen and oxygen atoms in total. The number of rotatable bonds is 6. The van der Waals surface area contributed by atoms with Crippen LogP contribution in [-0.2, 0) is 6.54 Å². The minimum absolute atomic E-state index is 0.652. The fourth-order valence-corrected chi connectivity index (χ4v) is 8.63. The van der Waals surface area contributed by atoms with E-state index in [9.17, 15) is 0 Å². The van der Waals surface area contributed by atoms with Crippen molar-refractivity contribution < 1.29 is 4.42 Å². The zero-order valence-electron chi connectivity index (χ0n) is 30.1. The Kier molecular flexibility index (Phi) is 7.28. The van der Waals surface area contributed by atoms with Crippen LogP contribution >= 0.6 is 0 Å². The molecule has 0 atom stereocenters. The molecule has 0 aliphatic heterocycles. The second-order valence-electron chi connectivity index (χ2n) is 14.5. The highest BCUT2D eigenvalue weighted by atomic mass is 16.3. The molecular weight excluding hydrogens is 667 g/mol. The van der Waals surface area contributed by atoms with Crippen molar-refractivity contribution in [3.8, 4) is 22.3 Å². The van der Waals surface area contributed by atoms with Crippen LogP contribution < -0.4 is 4.90 Å². The Bertz CT molecular complexity index is 3260. The summed E-state index contributed by atoms with van der Waals surface area (Å²) in [6, 6.07) is 72.6.